The minimum atomic E-state index is -0.503. The van der Waals surface area contributed by atoms with E-state index >= 15 is 0 Å². The minimum Gasteiger partial charge on any atom is -0.302 e. The van der Waals surface area contributed by atoms with Gasteiger partial charge in [0.1, 0.15) is 6.29 Å². The Balaban J connectivity index is 2.79. The molecule has 0 saturated heterocycles. The van der Waals surface area contributed by atoms with Crippen molar-refractivity contribution in [1.82, 2.24) is 0 Å². The number of alkyl halides is 1. The lowest BCUT2D eigenvalue weighted by atomic mass is 10.1. The number of aldehydes is 1. The van der Waals surface area contributed by atoms with Gasteiger partial charge in [-0.05, 0) is 24.1 Å². The van der Waals surface area contributed by atoms with Crippen molar-refractivity contribution in [2.24, 2.45) is 0 Å². The largest absolute Gasteiger partial charge is 0.302 e. The molecule has 1 atom stereocenters. The van der Waals surface area contributed by atoms with Crippen molar-refractivity contribution in [3.8, 4) is 0 Å². The third kappa shape index (κ3) is 3.18. The van der Waals surface area contributed by atoms with Crippen LogP contribution in [0, 0.1) is 0 Å². The van der Waals surface area contributed by atoms with Gasteiger partial charge in [-0.15, -0.1) is 11.6 Å². The van der Waals surface area contributed by atoms with Gasteiger partial charge in [-0.1, -0.05) is 29.3 Å². The summed E-state index contributed by atoms with van der Waals surface area (Å²) in [6.07, 6.45) is 1.17. The number of hydrogen-bond acceptors (Lipinski definition) is 1. The Bertz CT molecular complexity index is 312. The van der Waals surface area contributed by atoms with Crippen LogP contribution < -0.4 is 0 Å². The number of halogens is 3. The molecule has 1 aromatic carbocycles. The lowest BCUT2D eigenvalue weighted by molar-refractivity contribution is -0.107. The predicted octanol–water partition coefficient (Wildman–Crippen LogP) is 3.34. The Labute approximate surface area is 91.6 Å². The van der Waals surface area contributed by atoms with Crippen LogP contribution in [0.4, 0.5) is 0 Å². The van der Waals surface area contributed by atoms with Crippen molar-refractivity contribution in [1.29, 1.82) is 0 Å². The number of carbonyl (C=O) groups excluding carboxylic acids is 1. The zero-order valence-corrected chi connectivity index (χ0v) is 8.90. The lowest BCUT2D eigenvalue weighted by Crippen LogP contribution is -2.03. The molecule has 1 unspecified atom stereocenters. The molecule has 0 N–H and O–H groups in total. The number of rotatable bonds is 3. The second-order valence-electron chi connectivity index (χ2n) is 2.60. The van der Waals surface area contributed by atoms with Crippen LogP contribution in [0.25, 0.3) is 0 Å². The molecule has 0 aliphatic carbocycles. The van der Waals surface area contributed by atoms with Crippen molar-refractivity contribution in [2.75, 3.05) is 0 Å². The molecule has 13 heavy (non-hydrogen) atoms. The second kappa shape index (κ2) is 4.85. The third-order valence-electron chi connectivity index (χ3n) is 1.56. The molecule has 1 rings (SSSR count). The molecule has 0 aromatic heterocycles. The molecule has 1 nitrogen and oxygen atoms in total. The molecular formula is C9H7Cl3O. The highest BCUT2D eigenvalue weighted by atomic mass is 35.5. The Hall–Kier alpha value is -0.240. The van der Waals surface area contributed by atoms with Crippen molar-refractivity contribution >= 4 is 41.1 Å². The summed E-state index contributed by atoms with van der Waals surface area (Å²) in [5.74, 6) is 0. The van der Waals surface area contributed by atoms with Crippen LogP contribution in [0.1, 0.15) is 5.56 Å². The van der Waals surface area contributed by atoms with Gasteiger partial charge in [0, 0.05) is 0 Å². The summed E-state index contributed by atoms with van der Waals surface area (Å²) in [5, 5.41) is 0.480. The van der Waals surface area contributed by atoms with E-state index < -0.39 is 5.38 Å². The fourth-order valence-corrected chi connectivity index (χ4v) is 1.44. The van der Waals surface area contributed by atoms with E-state index in [4.69, 9.17) is 34.8 Å². The monoisotopic (exact) mass is 236 g/mol. The SMILES string of the molecule is O=CC(Cl)Cc1ccc(Cl)c(Cl)c1. The summed E-state index contributed by atoms with van der Waals surface area (Å²) in [6.45, 7) is 0. The van der Waals surface area contributed by atoms with Gasteiger partial charge >= 0.3 is 0 Å². The maximum Gasteiger partial charge on any atom is 0.138 e. The third-order valence-corrected chi connectivity index (χ3v) is 2.56. The molecule has 0 aliphatic rings. The first-order chi connectivity index (χ1) is 6.13. The molecule has 0 amide bonds. The van der Waals surface area contributed by atoms with Gasteiger partial charge in [0.2, 0.25) is 0 Å². The minimum absolute atomic E-state index is 0.474. The zero-order chi connectivity index (χ0) is 9.84. The van der Waals surface area contributed by atoms with Crippen LogP contribution in [0.15, 0.2) is 18.2 Å². The summed E-state index contributed by atoms with van der Waals surface area (Å²) in [4.78, 5) is 10.3. The summed E-state index contributed by atoms with van der Waals surface area (Å²) in [6, 6.07) is 5.20. The molecule has 0 saturated carbocycles. The zero-order valence-electron chi connectivity index (χ0n) is 6.64. The summed E-state index contributed by atoms with van der Waals surface area (Å²) in [5.41, 5.74) is 0.904. The van der Waals surface area contributed by atoms with Crippen LogP contribution in [0.5, 0.6) is 0 Å². The highest BCUT2D eigenvalue weighted by molar-refractivity contribution is 6.42. The average Bonchev–Trinajstić information content (AvgIpc) is 2.11. The Morgan fingerprint density at radius 1 is 1.31 bits per heavy atom. The standard InChI is InChI=1S/C9H7Cl3O/c10-7(5-13)3-6-1-2-8(11)9(12)4-6/h1-2,4-5,7H,3H2. The second-order valence-corrected chi connectivity index (χ2v) is 3.98. The molecule has 0 heterocycles. The van der Waals surface area contributed by atoms with Crippen molar-refractivity contribution in [2.45, 2.75) is 11.8 Å². The smallest absolute Gasteiger partial charge is 0.138 e. The Kier molecular flexibility index (Phi) is 4.04. The van der Waals surface area contributed by atoms with Crippen LogP contribution in [-0.4, -0.2) is 11.7 Å². The van der Waals surface area contributed by atoms with Gasteiger partial charge in [-0.3, -0.25) is 0 Å². The maximum atomic E-state index is 10.3. The first-order valence-corrected chi connectivity index (χ1v) is 4.86. The van der Waals surface area contributed by atoms with E-state index in [0.717, 1.165) is 5.56 Å². The van der Waals surface area contributed by atoms with E-state index in [1.165, 1.54) is 0 Å². The van der Waals surface area contributed by atoms with Crippen molar-refractivity contribution in [3.63, 3.8) is 0 Å². The normalized spacial score (nSPS) is 12.5. The van der Waals surface area contributed by atoms with E-state index in [1.807, 2.05) is 0 Å². The van der Waals surface area contributed by atoms with Crippen LogP contribution in [0.3, 0.4) is 0 Å². The van der Waals surface area contributed by atoms with Gasteiger partial charge in [-0.25, -0.2) is 0 Å². The number of carbonyl (C=O) groups is 1. The fourth-order valence-electron chi connectivity index (χ4n) is 0.940. The molecular weight excluding hydrogens is 230 g/mol. The molecule has 0 bridgehead atoms. The highest BCUT2D eigenvalue weighted by Gasteiger charge is 2.05. The summed E-state index contributed by atoms with van der Waals surface area (Å²) in [7, 11) is 0. The number of benzene rings is 1. The first kappa shape index (κ1) is 10.8. The lowest BCUT2D eigenvalue weighted by Gasteiger charge is -2.03. The van der Waals surface area contributed by atoms with Gasteiger partial charge in [0.25, 0.3) is 0 Å². The predicted molar refractivity (Wildman–Crippen MR) is 55.9 cm³/mol. The fraction of sp³-hybridized carbons (Fsp3) is 0.222. The van der Waals surface area contributed by atoms with Crippen molar-refractivity contribution < 1.29 is 4.79 Å². The van der Waals surface area contributed by atoms with E-state index in [1.54, 1.807) is 18.2 Å². The van der Waals surface area contributed by atoms with Gasteiger partial charge in [0.05, 0.1) is 15.4 Å². The summed E-state index contributed by atoms with van der Waals surface area (Å²) < 4.78 is 0. The molecule has 0 radical (unpaired) electrons. The van der Waals surface area contributed by atoms with Gasteiger partial charge < -0.3 is 4.79 Å². The quantitative estimate of drug-likeness (QED) is 0.582. The van der Waals surface area contributed by atoms with E-state index in [2.05, 4.69) is 0 Å². The summed E-state index contributed by atoms with van der Waals surface area (Å²) >= 11 is 17.1. The van der Waals surface area contributed by atoms with E-state index in [-0.39, 0.29) is 0 Å². The van der Waals surface area contributed by atoms with Gasteiger partial charge in [0.15, 0.2) is 0 Å². The molecule has 4 heteroatoms. The van der Waals surface area contributed by atoms with Gasteiger partial charge in [-0.2, -0.15) is 0 Å². The van der Waals surface area contributed by atoms with Crippen LogP contribution in [-0.2, 0) is 11.2 Å². The molecule has 0 aliphatic heterocycles. The first-order valence-electron chi connectivity index (χ1n) is 3.67. The molecule has 70 valence electrons. The Morgan fingerprint density at radius 3 is 2.54 bits per heavy atom. The van der Waals surface area contributed by atoms with Crippen molar-refractivity contribution in [3.05, 3.63) is 33.8 Å². The van der Waals surface area contributed by atoms with E-state index in [9.17, 15) is 4.79 Å². The van der Waals surface area contributed by atoms with E-state index in [0.29, 0.717) is 22.8 Å². The molecule has 0 spiro atoms. The number of hydrogen-bond donors (Lipinski definition) is 0. The highest BCUT2D eigenvalue weighted by Crippen LogP contribution is 2.23. The van der Waals surface area contributed by atoms with Crippen LogP contribution >= 0.6 is 34.8 Å². The molecule has 1 aromatic rings. The average molecular weight is 238 g/mol. The van der Waals surface area contributed by atoms with Crippen LogP contribution in [0.2, 0.25) is 10.0 Å². The molecule has 0 fully saturated rings. The maximum absolute atomic E-state index is 10.3. The Morgan fingerprint density at radius 2 is 2.00 bits per heavy atom. The topological polar surface area (TPSA) is 17.1 Å².